The van der Waals surface area contributed by atoms with E-state index in [1.807, 2.05) is 0 Å². The molecular weight excluding hydrogens is 325 g/mol. The molecule has 25 heavy (non-hydrogen) atoms. The fraction of sp³-hybridized carbons (Fsp3) is 0.263. The van der Waals surface area contributed by atoms with Crippen LogP contribution in [-0.2, 0) is 4.79 Å². The molecule has 0 aliphatic heterocycles. The molecule has 0 aromatic heterocycles. The van der Waals surface area contributed by atoms with Gasteiger partial charge in [-0.3, -0.25) is 9.59 Å². The van der Waals surface area contributed by atoms with Gasteiger partial charge >= 0.3 is 0 Å². The van der Waals surface area contributed by atoms with Crippen LogP contribution < -0.4 is 14.8 Å². The van der Waals surface area contributed by atoms with Crippen molar-refractivity contribution in [1.29, 1.82) is 0 Å². The maximum absolute atomic E-state index is 13.5. The summed E-state index contributed by atoms with van der Waals surface area (Å²) in [5, 5.41) is 2.66. The van der Waals surface area contributed by atoms with Crippen LogP contribution in [0.3, 0.4) is 0 Å². The van der Waals surface area contributed by atoms with Crippen LogP contribution in [0.15, 0.2) is 48.5 Å². The molecule has 1 amide bonds. The van der Waals surface area contributed by atoms with Gasteiger partial charge < -0.3 is 14.8 Å². The summed E-state index contributed by atoms with van der Waals surface area (Å²) in [6, 6.07) is 12.8. The number of ketones is 1. The van der Waals surface area contributed by atoms with E-state index in [1.54, 1.807) is 37.4 Å². The maximum atomic E-state index is 13.5. The predicted molar refractivity (Wildman–Crippen MR) is 91.5 cm³/mol. The highest BCUT2D eigenvalue weighted by Gasteiger charge is 2.12. The number of Topliss-reactive ketones (excluding diaryl/α,β-unsaturated/α-hetero) is 1. The lowest BCUT2D eigenvalue weighted by molar-refractivity contribution is -0.121. The third-order valence-corrected chi connectivity index (χ3v) is 3.51. The van der Waals surface area contributed by atoms with Crippen LogP contribution in [0.2, 0.25) is 0 Å². The summed E-state index contributed by atoms with van der Waals surface area (Å²) in [6.07, 6.45) is -0.0260. The Bertz CT molecular complexity index is 716. The minimum absolute atomic E-state index is 0.00963. The van der Waals surface area contributed by atoms with Crippen LogP contribution in [-0.4, -0.2) is 32.0 Å². The molecule has 0 bridgehead atoms. The van der Waals surface area contributed by atoms with Gasteiger partial charge in [0.05, 0.1) is 19.2 Å². The van der Waals surface area contributed by atoms with Crippen molar-refractivity contribution in [3.05, 3.63) is 59.9 Å². The highest BCUT2D eigenvalue weighted by molar-refractivity contribution is 5.98. The minimum Gasteiger partial charge on any atom is -0.497 e. The van der Waals surface area contributed by atoms with Crippen LogP contribution in [0.5, 0.6) is 11.5 Å². The van der Waals surface area contributed by atoms with Crippen molar-refractivity contribution >= 4 is 11.7 Å². The molecule has 0 saturated carbocycles. The van der Waals surface area contributed by atoms with Crippen molar-refractivity contribution in [3.8, 4) is 11.5 Å². The van der Waals surface area contributed by atoms with Gasteiger partial charge in [0.1, 0.15) is 23.9 Å². The van der Waals surface area contributed by atoms with E-state index >= 15 is 0 Å². The Labute approximate surface area is 145 Å². The van der Waals surface area contributed by atoms with Gasteiger partial charge in [0.2, 0.25) is 5.91 Å². The highest BCUT2D eigenvalue weighted by Crippen LogP contribution is 2.16. The lowest BCUT2D eigenvalue weighted by Gasteiger charge is -2.08. The molecule has 2 aromatic rings. The van der Waals surface area contributed by atoms with E-state index in [-0.39, 0.29) is 30.1 Å². The molecule has 0 saturated heterocycles. The van der Waals surface area contributed by atoms with Crippen LogP contribution in [0.25, 0.3) is 0 Å². The largest absolute Gasteiger partial charge is 0.497 e. The van der Waals surface area contributed by atoms with Crippen molar-refractivity contribution in [3.63, 3.8) is 0 Å². The first-order chi connectivity index (χ1) is 12.1. The molecule has 0 atom stereocenters. The summed E-state index contributed by atoms with van der Waals surface area (Å²) >= 11 is 0. The SMILES string of the molecule is COc1ccc(OCCNC(=O)CCC(=O)c2ccccc2F)cc1. The fourth-order valence-electron chi connectivity index (χ4n) is 2.17. The van der Waals surface area contributed by atoms with Gasteiger partial charge in [0.25, 0.3) is 0 Å². The molecule has 0 aliphatic carbocycles. The molecule has 1 N–H and O–H groups in total. The summed E-state index contributed by atoms with van der Waals surface area (Å²) in [4.78, 5) is 23.6. The standard InChI is InChI=1S/C19H20FNO4/c1-24-14-6-8-15(9-7-14)25-13-12-21-19(23)11-10-18(22)16-4-2-3-5-17(16)20/h2-9H,10-13H2,1H3,(H,21,23). The monoisotopic (exact) mass is 345 g/mol. The zero-order valence-electron chi connectivity index (χ0n) is 14.0. The second-order valence-corrected chi connectivity index (χ2v) is 5.28. The van der Waals surface area contributed by atoms with E-state index < -0.39 is 5.82 Å². The number of halogens is 1. The number of ether oxygens (including phenoxy) is 2. The number of rotatable bonds is 9. The Morgan fingerprint density at radius 2 is 1.68 bits per heavy atom. The second-order valence-electron chi connectivity index (χ2n) is 5.28. The molecule has 0 heterocycles. The van der Waals surface area contributed by atoms with E-state index in [2.05, 4.69) is 5.32 Å². The molecule has 2 aromatic carbocycles. The van der Waals surface area contributed by atoms with E-state index in [4.69, 9.17) is 9.47 Å². The highest BCUT2D eigenvalue weighted by atomic mass is 19.1. The van der Waals surface area contributed by atoms with Crippen molar-refractivity contribution in [1.82, 2.24) is 5.32 Å². The summed E-state index contributed by atoms with van der Waals surface area (Å²) in [5.74, 6) is 0.177. The first-order valence-corrected chi connectivity index (χ1v) is 7.91. The van der Waals surface area contributed by atoms with E-state index in [0.29, 0.717) is 18.9 Å². The third-order valence-electron chi connectivity index (χ3n) is 3.51. The second kappa shape index (κ2) is 9.42. The Kier molecular flexibility index (Phi) is 6.95. The topological polar surface area (TPSA) is 64.6 Å². The van der Waals surface area contributed by atoms with E-state index in [0.717, 1.165) is 5.75 Å². The lowest BCUT2D eigenvalue weighted by Crippen LogP contribution is -2.28. The number of hydrogen-bond donors (Lipinski definition) is 1. The van der Waals surface area contributed by atoms with Gasteiger partial charge in [-0.25, -0.2) is 4.39 Å². The maximum Gasteiger partial charge on any atom is 0.220 e. The molecule has 2 rings (SSSR count). The molecule has 132 valence electrons. The zero-order chi connectivity index (χ0) is 18.1. The normalized spacial score (nSPS) is 10.2. The number of carbonyl (C=O) groups excluding carboxylic acids is 2. The Morgan fingerprint density at radius 1 is 1.00 bits per heavy atom. The van der Waals surface area contributed by atoms with Crippen LogP contribution in [0.4, 0.5) is 4.39 Å². The summed E-state index contributed by atoms with van der Waals surface area (Å²) in [5.41, 5.74) is 0.0122. The zero-order valence-corrected chi connectivity index (χ0v) is 14.0. The van der Waals surface area contributed by atoms with Gasteiger partial charge in [0.15, 0.2) is 5.78 Å². The molecule has 0 fully saturated rings. The molecule has 0 aliphatic rings. The Hall–Kier alpha value is -2.89. The molecular formula is C19H20FNO4. The van der Waals surface area contributed by atoms with Crippen molar-refractivity contribution in [2.45, 2.75) is 12.8 Å². The first kappa shape index (κ1) is 18.4. The van der Waals surface area contributed by atoms with Crippen molar-refractivity contribution in [2.75, 3.05) is 20.3 Å². The first-order valence-electron chi connectivity index (χ1n) is 7.91. The van der Waals surface area contributed by atoms with Gasteiger partial charge in [-0.2, -0.15) is 0 Å². The molecule has 5 nitrogen and oxygen atoms in total. The van der Waals surface area contributed by atoms with Crippen molar-refractivity contribution in [2.24, 2.45) is 0 Å². The predicted octanol–water partition coefficient (Wildman–Crippen LogP) is 2.99. The van der Waals surface area contributed by atoms with Gasteiger partial charge in [-0.05, 0) is 36.4 Å². The van der Waals surface area contributed by atoms with Crippen molar-refractivity contribution < 1.29 is 23.5 Å². The molecule has 0 radical (unpaired) electrons. The van der Waals surface area contributed by atoms with Crippen LogP contribution in [0.1, 0.15) is 23.2 Å². The lowest BCUT2D eigenvalue weighted by atomic mass is 10.1. The number of nitrogens with one attached hydrogen (secondary N) is 1. The molecule has 6 heteroatoms. The van der Waals surface area contributed by atoms with Crippen LogP contribution in [0, 0.1) is 5.82 Å². The fourth-order valence-corrected chi connectivity index (χ4v) is 2.17. The number of carbonyl (C=O) groups is 2. The van der Waals surface area contributed by atoms with Gasteiger partial charge in [-0.15, -0.1) is 0 Å². The number of methoxy groups -OCH3 is 1. The van der Waals surface area contributed by atoms with Gasteiger partial charge in [-0.1, -0.05) is 12.1 Å². The number of benzene rings is 2. The Morgan fingerprint density at radius 3 is 2.36 bits per heavy atom. The van der Waals surface area contributed by atoms with Crippen LogP contribution >= 0.6 is 0 Å². The number of amides is 1. The van der Waals surface area contributed by atoms with E-state index in [1.165, 1.54) is 18.2 Å². The molecule has 0 unspecified atom stereocenters. The number of hydrogen-bond acceptors (Lipinski definition) is 4. The van der Waals surface area contributed by atoms with Gasteiger partial charge in [0, 0.05) is 12.8 Å². The average Bonchev–Trinajstić information content (AvgIpc) is 2.64. The average molecular weight is 345 g/mol. The quantitative estimate of drug-likeness (QED) is 0.560. The smallest absolute Gasteiger partial charge is 0.220 e. The summed E-state index contributed by atoms with van der Waals surface area (Å²) < 4.78 is 24.0. The minimum atomic E-state index is -0.569. The third kappa shape index (κ3) is 5.91. The molecule has 0 spiro atoms. The van der Waals surface area contributed by atoms with E-state index in [9.17, 15) is 14.0 Å². The summed E-state index contributed by atoms with van der Waals surface area (Å²) in [7, 11) is 1.59. The summed E-state index contributed by atoms with van der Waals surface area (Å²) in [6.45, 7) is 0.623. The Balaban J connectivity index is 1.65.